The maximum absolute atomic E-state index is 3.40. The minimum absolute atomic E-state index is 0.467. The van der Waals surface area contributed by atoms with Gasteiger partial charge in [-0.15, -0.1) is 0 Å². The van der Waals surface area contributed by atoms with Crippen molar-refractivity contribution in [3.63, 3.8) is 0 Å². The Kier molecular flexibility index (Phi) is 5.50. The molecule has 0 spiro atoms. The van der Waals surface area contributed by atoms with Crippen molar-refractivity contribution in [2.45, 2.75) is 25.8 Å². The van der Waals surface area contributed by atoms with Gasteiger partial charge in [0.25, 0.3) is 0 Å². The first kappa shape index (κ1) is 13.2. The normalized spacial score (nSPS) is 13.1. The molecule has 0 saturated carbocycles. The molecule has 90 valence electrons. The zero-order valence-electron chi connectivity index (χ0n) is 11.0. The lowest BCUT2D eigenvalue weighted by atomic mass is 10.0. The van der Waals surface area contributed by atoms with E-state index in [-0.39, 0.29) is 0 Å². The van der Waals surface area contributed by atoms with Crippen LogP contribution in [0.25, 0.3) is 0 Å². The first-order valence-electron chi connectivity index (χ1n) is 6.08. The second-order valence-corrected chi connectivity index (χ2v) is 4.53. The Labute approximate surface area is 99.7 Å². The van der Waals surface area contributed by atoms with Gasteiger partial charge in [-0.25, -0.2) is 0 Å². The molecule has 1 N–H and O–H groups in total. The lowest BCUT2D eigenvalue weighted by molar-refractivity contribution is 0.368. The summed E-state index contributed by atoms with van der Waals surface area (Å²) in [5, 5.41) is 3.40. The lowest BCUT2D eigenvalue weighted by Gasteiger charge is -2.19. The van der Waals surface area contributed by atoms with E-state index >= 15 is 0 Å². The molecule has 0 radical (unpaired) electrons. The Morgan fingerprint density at radius 2 is 2.06 bits per heavy atom. The molecule has 0 aliphatic carbocycles. The molecule has 0 heterocycles. The number of aryl methyl sites for hydroxylation is 1. The third-order valence-corrected chi connectivity index (χ3v) is 2.98. The van der Waals surface area contributed by atoms with Crippen molar-refractivity contribution < 1.29 is 0 Å². The van der Waals surface area contributed by atoms with E-state index in [1.54, 1.807) is 0 Å². The van der Waals surface area contributed by atoms with Crippen LogP contribution in [-0.4, -0.2) is 32.6 Å². The van der Waals surface area contributed by atoms with Crippen LogP contribution in [0.15, 0.2) is 24.3 Å². The highest BCUT2D eigenvalue weighted by molar-refractivity contribution is 5.26. The second kappa shape index (κ2) is 6.66. The zero-order chi connectivity index (χ0) is 12.0. The molecule has 2 nitrogen and oxygen atoms in total. The van der Waals surface area contributed by atoms with Gasteiger partial charge in [0.05, 0.1) is 0 Å². The van der Waals surface area contributed by atoms with Crippen LogP contribution in [0.2, 0.25) is 0 Å². The number of rotatable bonds is 6. The largest absolute Gasteiger partial charge is 0.313 e. The van der Waals surface area contributed by atoms with E-state index in [9.17, 15) is 0 Å². The fraction of sp³-hybridized carbons (Fsp3) is 0.571. The summed E-state index contributed by atoms with van der Waals surface area (Å²) in [6, 6.07) is 9.36. The molecule has 1 aromatic rings. The topological polar surface area (TPSA) is 15.3 Å². The van der Waals surface area contributed by atoms with Crippen molar-refractivity contribution in [1.82, 2.24) is 10.2 Å². The molecular weight excluding hydrogens is 196 g/mol. The van der Waals surface area contributed by atoms with E-state index in [2.05, 4.69) is 55.5 Å². The number of hydrogen-bond acceptors (Lipinski definition) is 2. The minimum atomic E-state index is 0.467. The van der Waals surface area contributed by atoms with Gasteiger partial charge in [-0.3, -0.25) is 0 Å². The molecule has 0 aliphatic heterocycles. The van der Waals surface area contributed by atoms with Crippen molar-refractivity contribution in [3.8, 4) is 0 Å². The van der Waals surface area contributed by atoms with Crippen LogP contribution >= 0.6 is 0 Å². The number of nitrogens with one attached hydrogen (secondary N) is 1. The summed E-state index contributed by atoms with van der Waals surface area (Å²) in [5.41, 5.74) is 2.83. The monoisotopic (exact) mass is 220 g/mol. The molecule has 0 bridgehead atoms. The Morgan fingerprint density at radius 3 is 2.62 bits per heavy atom. The predicted octanol–water partition coefficient (Wildman–Crippen LogP) is 2.46. The van der Waals surface area contributed by atoms with Crippen molar-refractivity contribution >= 4 is 0 Å². The molecule has 0 aromatic heterocycles. The van der Waals surface area contributed by atoms with Gasteiger partial charge in [-0.2, -0.15) is 0 Å². The summed E-state index contributed by atoms with van der Waals surface area (Å²) in [7, 11) is 6.28. The first-order chi connectivity index (χ1) is 7.67. The van der Waals surface area contributed by atoms with Crippen molar-refractivity contribution in [1.29, 1.82) is 0 Å². The Hall–Kier alpha value is -0.860. The van der Waals surface area contributed by atoms with Crippen LogP contribution in [-0.2, 0) is 6.42 Å². The quantitative estimate of drug-likeness (QED) is 0.792. The number of benzene rings is 1. The Balaban J connectivity index is 2.70. The summed E-state index contributed by atoms with van der Waals surface area (Å²) in [6.45, 7) is 3.31. The molecule has 0 fully saturated rings. The van der Waals surface area contributed by atoms with Gasteiger partial charge < -0.3 is 10.2 Å². The molecular formula is C14H24N2. The van der Waals surface area contributed by atoms with Crippen LogP contribution in [0.5, 0.6) is 0 Å². The summed E-state index contributed by atoms with van der Waals surface area (Å²) in [6.07, 6.45) is 2.26. The van der Waals surface area contributed by atoms with Crippen molar-refractivity contribution in [2.75, 3.05) is 27.7 Å². The summed E-state index contributed by atoms with van der Waals surface area (Å²) < 4.78 is 0. The molecule has 0 saturated heterocycles. The molecule has 1 unspecified atom stereocenters. The van der Waals surface area contributed by atoms with Gasteiger partial charge in [0.1, 0.15) is 0 Å². The second-order valence-electron chi connectivity index (χ2n) is 4.53. The summed E-state index contributed by atoms with van der Waals surface area (Å²) in [5.74, 6) is 0. The van der Waals surface area contributed by atoms with E-state index in [0.717, 1.165) is 19.4 Å². The molecule has 1 rings (SSSR count). The smallest absolute Gasteiger partial charge is 0.0329 e. The molecule has 1 atom stereocenters. The molecule has 0 aliphatic rings. The maximum Gasteiger partial charge on any atom is 0.0329 e. The highest BCUT2D eigenvalue weighted by Gasteiger charge is 2.09. The maximum atomic E-state index is 3.40. The highest BCUT2D eigenvalue weighted by atomic mass is 15.1. The van der Waals surface area contributed by atoms with Gasteiger partial charge in [0.2, 0.25) is 0 Å². The Morgan fingerprint density at radius 1 is 1.31 bits per heavy atom. The molecule has 2 heteroatoms. The van der Waals surface area contributed by atoms with E-state index in [1.165, 1.54) is 11.1 Å². The van der Waals surface area contributed by atoms with Gasteiger partial charge in [0, 0.05) is 6.04 Å². The van der Waals surface area contributed by atoms with Crippen LogP contribution in [0.4, 0.5) is 0 Å². The van der Waals surface area contributed by atoms with Gasteiger partial charge in [-0.05, 0) is 51.7 Å². The van der Waals surface area contributed by atoms with Crippen LogP contribution < -0.4 is 5.32 Å². The van der Waals surface area contributed by atoms with E-state index in [4.69, 9.17) is 0 Å². The fourth-order valence-electron chi connectivity index (χ4n) is 1.89. The number of nitrogens with zero attached hydrogens (tertiary/aromatic N) is 1. The van der Waals surface area contributed by atoms with E-state index in [0.29, 0.717) is 6.04 Å². The standard InChI is InChI=1S/C14H24N2/c1-5-12-7-6-8-13(11-12)14(15-2)9-10-16(3)4/h6-8,11,14-15H,5,9-10H2,1-4H3. The summed E-state index contributed by atoms with van der Waals surface area (Å²) in [4.78, 5) is 2.23. The first-order valence-corrected chi connectivity index (χ1v) is 6.08. The van der Waals surface area contributed by atoms with Gasteiger partial charge in [-0.1, -0.05) is 31.2 Å². The van der Waals surface area contributed by atoms with Crippen molar-refractivity contribution in [3.05, 3.63) is 35.4 Å². The average molecular weight is 220 g/mol. The van der Waals surface area contributed by atoms with Crippen LogP contribution in [0.1, 0.15) is 30.5 Å². The van der Waals surface area contributed by atoms with Gasteiger partial charge in [0.15, 0.2) is 0 Å². The van der Waals surface area contributed by atoms with Crippen LogP contribution in [0.3, 0.4) is 0 Å². The fourth-order valence-corrected chi connectivity index (χ4v) is 1.89. The highest BCUT2D eigenvalue weighted by Crippen LogP contribution is 2.18. The predicted molar refractivity (Wildman–Crippen MR) is 70.8 cm³/mol. The SMILES string of the molecule is CCc1cccc(C(CCN(C)C)NC)c1. The lowest BCUT2D eigenvalue weighted by Crippen LogP contribution is -2.23. The molecule has 16 heavy (non-hydrogen) atoms. The van der Waals surface area contributed by atoms with Crippen molar-refractivity contribution in [2.24, 2.45) is 0 Å². The third kappa shape index (κ3) is 3.95. The minimum Gasteiger partial charge on any atom is -0.313 e. The zero-order valence-corrected chi connectivity index (χ0v) is 11.0. The molecule has 1 aromatic carbocycles. The van der Waals surface area contributed by atoms with Crippen LogP contribution in [0, 0.1) is 0 Å². The third-order valence-electron chi connectivity index (χ3n) is 2.98. The Bertz CT molecular complexity index is 307. The summed E-state index contributed by atoms with van der Waals surface area (Å²) >= 11 is 0. The van der Waals surface area contributed by atoms with E-state index < -0.39 is 0 Å². The number of hydrogen-bond donors (Lipinski definition) is 1. The van der Waals surface area contributed by atoms with E-state index in [1.807, 2.05) is 7.05 Å². The van der Waals surface area contributed by atoms with Gasteiger partial charge >= 0.3 is 0 Å². The molecule has 0 amide bonds. The average Bonchev–Trinajstić information content (AvgIpc) is 2.30.